The maximum atomic E-state index is 5.62. The Morgan fingerprint density at radius 2 is 2.11 bits per heavy atom. The van der Waals surface area contributed by atoms with Gasteiger partial charge >= 0.3 is 0 Å². The van der Waals surface area contributed by atoms with E-state index in [4.69, 9.17) is 9.47 Å². The highest BCUT2D eigenvalue weighted by atomic mass is 16.5. The van der Waals surface area contributed by atoms with Crippen LogP contribution >= 0.6 is 0 Å². The van der Waals surface area contributed by atoms with Crippen LogP contribution in [0.2, 0.25) is 0 Å². The Kier molecular flexibility index (Phi) is 7.39. The molecule has 1 aliphatic carbocycles. The second-order valence-corrected chi connectivity index (χ2v) is 7.80. The van der Waals surface area contributed by atoms with Gasteiger partial charge in [-0.15, -0.1) is 0 Å². The highest BCUT2D eigenvalue weighted by Crippen LogP contribution is 2.40. The van der Waals surface area contributed by atoms with E-state index in [-0.39, 0.29) is 0 Å². The Morgan fingerprint density at radius 3 is 2.89 bits per heavy atom. The average molecular weight is 374 g/mol. The average Bonchev–Trinajstić information content (AvgIpc) is 3.34. The lowest BCUT2D eigenvalue weighted by molar-refractivity contribution is 0.105. The monoisotopic (exact) mass is 373 g/mol. The number of fused-ring (bicyclic) bond motifs is 1. The number of benzene rings is 1. The molecule has 1 aromatic carbocycles. The summed E-state index contributed by atoms with van der Waals surface area (Å²) in [6.45, 7) is 6.42. The topological polar surface area (TPSA) is 54.9 Å². The van der Waals surface area contributed by atoms with E-state index in [9.17, 15) is 0 Å². The summed E-state index contributed by atoms with van der Waals surface area (Å²) in [6.07, 6.45) is 8.42. The van der Waals surface area contributed by atoms with Crippen molar-refractivity contribution < 1.29 is 9.47 Å². The molecule has 0 saturated heterocycles. The van der Waals surface area contributed by atoms with E-state index in [0.717, 1.165) is 63.9 Å². The van der Waals surface area contributed by atoms with Gasteiger partial charge in [0.15, 0.2) is 5.96 Å². The number of guanidine groups is 1. The lowest BCUT2D eigenvalue weighted by Crippen LogP contribution is -2.44. The van der Waals surface area contributed by atoms with Gasteiger partial charge in [-0.3, -0.25) is 4.99 Å². The van der Waals surface area contributed by atoms with Gasteiger partial charge in [-0.2, -0.15) is 0 Å². The van der Waals surface area contributed by atoms with Crippen LogP contribution in [0.3, 0.4) is 0 Å². The summed E-state index contributed by atoms with van der Waals surface area (Å²) < 4.78 is 11.2. The smallest absolute Gasteiger partial charge is 0.191 e. The van der Waals surface area contributed by atoms with E-state index in [0.29, 0.717) is 5.41 Å². The largest absolute Gasteiger partial charge is 0.493 e. The highest BCUT2D eigenvalue weighted by molar-refractivity contribution is 5.79. The first-order valence-corrected chi connectivity index (χ1v) is 10.5. The van der Waals surface area contributed by atoms with E-state index in [2.05, 4.69) is 40.7 Å². The lowest BCUT2D eigenvalue weighted by Gasteiger charge is -2.30. The molecule has 150 valence electrons. The number of nitrogens with one attached hydrogen (secondary N) is 2. The Hall–Kier alpha value is -1.75. The second-order valence-electron chi connectivity index (χ2n) is 7.80. The van der Waals surface area contributed by atoms with Crippen LogP contribution in [0.1, 0.15) is 50.2 Å². The maximum absolute atomic E-state index is 5.62. The summed E-state index contributed by atoms with van der Waals surface area (Å²) >= 11 is 0. The van der Waals surface area contributed by atoms with Crippen LogP contribution in [-0.2, 0) is 17.6 Å². The Bertz CT molecular complexity index is 624. The predicted molar refractivity (Wildman–Crippen MR) is 111 cm³/mol. The summed E-state index contributed by atoms with van der Waals surface area (Å²) in [5, 5.41) is 7.04. The van der Waals surface area contributed by atoms with E-state index in [1.54, 1.807) is 0 Å². The summed E-state index contributed by atoms with van der Waals surface area (Å²) in [4.78, 5) is 4.41. The molecule has 0 unspecified atom stereocenters. The van der Waals surface area contributed by atoms with Gasteiger partial charge in [0.2, 0.25) is 0 Å². The third-order valence-electron chi connectivity index (χ3n) is 5.96. The SMILES string of the molecule is CCOCCC1(CNC(=NC)NCCc2ccc3c(c2)CCO3)CCCC1. The predicted octanol–water partition coefficient (Wildman–Crippen LogP) is 3.32. The van der Waals surface area contributed by atoms with Crippen molar-refractivity contribution in [1.29, 1.82) is 0 Å². The Labute approximate surface area is 163 Å². The fourth-order valence-corrected chi connectivity index (χ4v) is 4.29. The highest BCUT2D eigenvalue weighted by Gasteiger charge is 2.33. The lowest BCUT2D eigenvalue weighted by atomic mass is 9.83. The van der Waals surface area contributed by atoms with E-state index in [1.807, 2.05) is 7.05 Å². The molecule has 0 radical (unpaired) electrons. The van der Waals surface area contributed by atoms with E-state index >= 15 is 0 Å². The molecule has 1 fully saturated rings. The number of hydrogen-bond donors (Lipinski definition) is 2. The molecule has 1 saturated carbocycles. The zero-order chi connectivity index (χ0) is 19.0. The fourth-order valence-electron chi connectivity index (χ4n) is 4.29. The van der Waals surface area contributed by atoms with Gasteiger partial charge in [0.25, 0.3) is 0 Å². The molecule has 1 aliphatic heterocycles. The van der Waals surface area contributed by atoms with Crippen molar-refractivity contribution >= 4 is 5.96 Å². The molecular formula is C22H35N3O2. The molecule has 0 atom stereocenters. The molecule has 0 bridgehead atoms. The third kappa shape index (κ3) is 5.61. The van der Waals surface area contributed by atoms with Gasteiger partial charge in [0.1, 0.15) is 5.75 Å². The number of rotatable bonds is 9. The molecular weight excluding hydrogens is 338 g/mol. The van der Waals surface area contributed by atoms with Crippen molar-refractivity contribution in [3.05, 3.63) is 29.3 Å². The first-order chi connectivity index (χ1) is 13.2. The van der Waals surface area contributed by atoms with Crippen LogP contribution in [0, 0.1) is 5.41 Å². The van der Waals surface area contributed by atoms with Gasteiger partial charge in [-0.05, 0) is 55.2 Å². The van der Waals surface area contributed by atoms with Crippen molar-refractivity contribution in [2.45, 2.75) is 51.9 Å². The van der Waals surface area contributed by atoms with Crippen LogP contribution in [0.25, 0.3) is 0 Å². The molecule has 5 nitrogen and oxygen atoms in total. The van der Waals surface area contributed by atoms with Crippen molar-refractivity contribution in [1.82, 2.24) is 10.6 Å². The van der Waals surface area contributed by atoms with Crippen LogP contribution in [0.4, 0.5) is 0 Å². The molecule has 0 spiro atoms. The Morgan fingerprint density at radius 1 is 1.26 bits per heavy atom. The van der Waals surface area contributed by atoms with Crippen LogP contribution < -0.4 is 15.4 Å². The minimum Gasteiger partial charge on any atom is -0.493 e. The van der Waals surface area contributed by atoms with Gasteiger partial charge in [-0.25, -0.2) is 0 Å². The Balaban J connectivity index is 1.43. The van der Waals surface area contributed by atoms with E-state index < -0.39 is 0 Å². The minimum atomic E-state index is 0.368. The number of aliphatic imine (C=N–C) groups is 1. The molecule has 1 heterocycles. The minimum absolute atomic E-state index is 0.368. The number of nitrogens with zero attached hydrogens (tertiary/aromatic N) is 1. The third-order valence-corrected chi connectivity index (χ3v) is 5.96. The van der Waals surface area contributed by atoms with Crippen molar-refractivity contribution in [2.75, 3.05) is 40.0 Å². The standard InChI is InChI=1S/C22H35N3O2/c1-3-26-15-12-22(10-4-5-11-22)17-25-21(23-2)24-13-8-18-6-7-20-19(16-18)9-14-27-20/h6-7,16H,3-5,8-15,17H2,1-2H3,(H2,23,24,25). The van der Waals surface area contributed by atoms with Gasteiger partial charge in [0.05, 0.1) is 6.61 Å². The molecule has 0 amide bonds. The molecule has 2 N–H and O–H groups in total. The molecule has 1 aromatic rings. The van der Waals surface area contributed by atoms with Crippen LogP contribution in [0.5, 0.6) is 5.75 Å². The van der Waals surface area contributed by atoms with Gasteiger partial charge in [0, 0.05) is 39.8 Å². The van der Waals surface area contributed by atoms with Crippen molar-refractivity contribution in [2.24, 2.45) is 10.4 Å². The van der Waals surface area contributed by atoms with E-state index in [1.165, 1.54) is 36.8 Å². The summed E-state index contributed by atoms with van der Waals surface area (Å²) in [5.74, 6) is 1.96. The fraction of sp³-hybridized carbons (Fsp3) is 0.682. The van der Waals surface area contributed by atoms with Gasteiger partial charge < -0.3 is 20.1 Å². The van der Waals surface area contributed by atoms with Crippen LogP contribution in [-0.4, -0.2) is 45.9 Å². The molecule has 3 rings (SSSR count). The first-order valence-electron chi connectivity index (χ1n) is 10.5. The second kappa shape index (κ2) is 9.98. The zero-order valence-electron chi connectivity index (χ0n) is 17.0. The van der Waals surface area contributed by atoms with Gasteiger partial charge in [-0.1, -0.05) is 25.0 Å². The number of ether oxygens (including phenoxy) is 2. The summed E-state index contributed by atoms with van der Waals surface area (Å²) in [5.41, 5.74) is 3.06. The molecule has 2 aliphatic rings. The van der Waals surface area contributed by atoms with Crippen molar-refractivity contribution in [3.63, 3.8) is 0 Å². The quantitative estimate of drug-likeness (QED) is 0.396. The van der Waals surface area contributed by atoms with Crippen molar-refractivity contribution in [3.8, 4) is 5.75 Å². The first kappa shape index (κ1) is 20.0. The molecule has 27 heavy (non-hydrogen) atoms. The molecule has 5 heteroatoms. The summed E-state index contributed by atoms with van der Waals surface area (Å²) in [7, 11) is 1.85. The van der Waals surface area contributed by atoms with Crippen LogP contribution in [0.15, 0.2) is 23.2 Å². The zero-order valence-corrected chi connectivity index (χ0v) is 17.0. The maximum Gasteiger partial charge on any atom is 0.191 e. The number of hydrogen-bond acceptors (Lipinski definition) is 3. The summed E-state index contributed by atoms with van der Waals surface area (Å²) in [6, 6.07) is 6.55. The molecule has 0 aromatic heterocycles. The normalized spacial score (nSPS) is 18.2.